The Morgan fingerprint density at radius 3 is 2.28 bits per heavy atom. The standard InChI is InChI=1S/C13H20N2O2S/c1-13(2,12(14)18)6-7-15-10(16)8-4-3-5-9(8)11(15)17/h8-9H,3-7H2,1-2H3,(H2,14,18). The van der Waals surface area contributed by atoms with Crippen LogP contribution in [0.1, 0.15) is 39.5 Å². The van der Waals surface area contributed by atoms with Crippen LogP contribution in [0.25, 0.3) is 0 Å². The molecule has 0 radical (unpaired) electrons. The Morgan fingerprint density at radius 1 is 1.33 bits per heavy atom. The van der Waals surface area contributed by atoms with Gasteiger partial charge >= 0.3 is 0 Å². The first-order chi connectivity index (χ1) is 8.34. The monoisotopic (exact) mass is 268 g/mol. The third kappa shape index (κ3) is 2.16. The van der Waals surface area contributed by atoms with Crippen molar-refractivity contribution >= 4 is 29.0 Å². The molecule has 0 aromatic carbocycles. The molecule has 1 aliphatic heterocycles. The molecule has 2 aliphatic rings. The second kappa shape index (κ2) is 4.61. The SMILES string of the molecule is CC(C)(CCN1C(=O)C2CCCC2C1=O)C(N)=S. The molecule has 100 valence electrons. The number of nitrogens with two attached hydrogens (primary N) is 1. The van der Waals surface area contributed by atoms with Crippen LogP contribution in [0.4, 0.5) is 0 Å². The summed E-state index contributed by atoms with van der Waals surface area (Å²) >= 11 is 5.00. The molecule has 0 aromatic heterocycles. The largest absolute Gasteiger partial charge is 0.393 e. The number of fused-ring (bicyclic) bond motifs is 1. The van der Waals surface area contributed by atoms with E-state index >= 15 is 0 Å². The minimum atomic E-state index is -0.312. The first-order valence-electron chi connectivity index (χ1n) is 6.50. The number of nitrogens with zero attached hydrogens (tertiary/aromatic N) is 1. The summed E-state index contributed by atoms with van der Waals surface area (Å²) in [5, 5.41) is 0. The highest BCUT2D eigenvalue weighted by atomic mass is 32.1. The Balaban J connectivity index is 2.01. The number of amides is 2. The van der Waals surface area contributed by atoms with Crippen LogP contribution in [0.15, 0.2) is 0 Å². The lowest BCUT2D eigenvalue weighted by atomic mass is 9.89. The lowest BCUT2D eigenvalue weighted by molar-refractivity contribution is -0.140. The molecular weight excluding hydrogens is 248 g/mol. The van der Waals surface area contributed by atoms with Crippen LogP contribution >= 0.6 is 12.2 Å². The van der Waals surface area contributed by atoms with Gasteiger partial charge in [0, 0.05) is 12.0 Å². The minimum Gasteiger partial charge on any atom is -0.393 e. The Hall–Kier alpha value is -0.970. The van der Waals surface area contributed by atoms with E-state index in [0.29, 0.717) is 18.0 Å². The summed E-state index contributed by atoms with van der Waals surface area (Å²) in [6.45, 7) is 4.33. The molecule has 2 fully saturated rings. The van der Waals surface area contributed by atoms with E-state index in [4.69, 9.17) is 18.0 Å². The lowest BCUT2D eigenvalue weighted by Crippen LogP contribution is -2.38. The van der Waals surface area contributed by atoms with Gasteiger partial charge in [0.2, 0.25) is 11.8 Å². The van der Waals surface area contributed by atoms with Crippen molar-refractivity contribution < 1.29 is 9.59 Å². The Kier molecular flexibility index (Phi) is 3.45. The minimum absolute atomic E-state index is 0.0150. The number of likely N-dealkylation sites (tertiary alicyclic amines) is 1. The van der Waals surface area contributed by atoms with Gasteiger partial charge in [-0.3, -0.25) is 14.5 Å². The molecule has 4 nitrogen and oxygen atoms in total. The second-order valence-electron chi connectivity index (χ2n) is 5.97. The van der Waals surface area contributed by atoms with Gasteiger partial charge in [-0.05, 0) is 19.3 Å². The van der Waals surface area contributed by atoms with Gasteiger partial charge < -0.3 is 5.73 Å². The van der Waals surface area contributed by atoms with E-state index in [1.165, 1.54) is 4.90 Å². The molecule has 2 N–H and O–H groups in total. The van der Waals surface area contributed by atoms with E-state index in [9.17, 15) is 9.59 Å². The summed E-state index contributed by atoms with van der Waals surface area (Å²) in [6, 6.07) is 0. The van der Waals surface area contributed by atoms with E-state index in [1.807, 2.05) is 13.8 Å². The summed E-state index contributed by atoms with van der Waals surface area (Å²) in [6.07, 6.45) is 3.37. The number of carbonyl (C=O) groups excluding carboxylic acids is 2. The van der Waals surface area contributed by atoms with Gasteiger partial charge in [0.15, 0.2) is 0 Å². The van der Waals surface area contributed by atoms with Gasteiger partial charge in [-0.1, -0.05) is 32.5 Å². The molecule has 2 rings (SSSR count). The van der Waals surface area contributed by atoms with E-state index in [-0.39, 0.29) is 29.1 Å². The third-order valence-electron chi connectivity index (χ3n) is 4.31. The summed E-state index contributed by atoms with van der Waals surface area (Å²) in [7, 11) is 0. The van der Waals surface area contributed by atoms with Crippen molar-refractivity contribution in [3.63, 3.8) is 0 Å². The highest BCUT2D eigenvalue weighted by molar-refractivity contribution is 7.80. The normalized spacial score (nSPS) is 27.8. The van der Waals surface area contributed by atoms with Crippen molar-refractivity contribution in [2.24, 2.45) is 23.0 Å². The van der Waals surface area contributed by atoms with Gasteiger partial charge in [-0.2, -0.15) is 0 Å². The molecule has 1 saturated heterocycles. The maximum Gasteiger partial charge on any atom is 0.233 e. The number of rotatable bonds is 4. The molecule has 2 amide bonds. The van der Waals surface area contributed by atoms with Crippen LogP contribution in [0.5, 0.6) is 0 Å². The summed E-state index contributed by atoms with van der Waals surface area (Å²) < 4.78 is 0. The second-order valence-corrected chi connectivity index (χ2v) is 6.41. The molecule has 1 heterocycles. The van der Waals surface area contributed by atoms with Crippen molar-refractivity contribution in [3.8, 4) is 0 Å². The van der Waals surface area contributed by atoms with Crippen LogP contribution in [-0.2, 0) is 9.59 Å². The predicted molar refractivity (Wildman–Crippen MR) is 72.7 cm³/mol. The molecule has 1 saturated carbocycles. The molecule has 0 bridgehead atoms. The van der Waals surface area contributed by atoms with Gasteiger partial charge in [-0.15, -0.1) is 0 Å². The zero-order chi connectivity index (χ0) is 13.5. The maximum absolute atomic E-state index is 12.1. The third-order valence-corrected chi connectivity index (χ3v) is 4.86. The van der Waals surface area contributed by atoms with Crippen LogP contribution < -0.4 is 5.73 Å². The van der Waals surface area contributed by atoms with E-state index in [1.54, 1.807) is 0 Å². The molecule has 0 spiro atoms. The number of carbonyl (C=O) groups is 2. The van der Waals surface area contributed by atoms with E-state index < -0.39 is 0 Å². The van der Waals surface area contributed by atoms with Crippen LogP contribution in [-0.4, -0.2) is 28.2 Å². The average molecular weight is 268 g/mol. The van der Waals surface area contributed by atoms with Gasteiger partial charge in [0.25, 0.3) is 0 Å². The first kappa shape index (κ1) is 13.5. The molecule has 0 aromatic rings. The highest BCUT2D eigenvalue weighted by Gasteiger charge is 2.49. The zero-order valence-corrected chi connectivity index (χ0v) is 11.8. The molecule has 2 unspecified atom stereocenters. The Morgan fingerprint density at radius 2 is 1.83 bits per heavy atom. The molecule has 18 heavy (non-hydrogen) atoms. The van der Waals surface area contributed by atoms with Crippen molar-refractivity contribution in [2.45, 2.75) is 39.5 Å². The van der Waals surface area contributed by atoms with Crippen molar-refractivity contribution in [3.05, 3.63) is 0 Å². The topological polar surface area (TPSA) is 63.4 Å². The van der Waals surface area contributed by atoms with Gasteiger partial charge in [0.1, 0.15) is 0 Å². The Bertz CT molecular complexity index is 384. The number of thiocarbonyl (C=S) groups is 1. The summed E-state index contributed by atoms with van der Waals surface area (Å²) in [5.41, 5.74) is 5.35. The zero-order valence-electron chi connectivity index (χ0n) is 10.9. The fourth-order valence-electron chi connectivity index (χ4n) is 2.80. The molecule has 1 aliphatic carbocycles. The van der Waals surface area contributed by atoms with Crippen LogP contribution in [0, 0.1) is 17.3 Å². The van der Waals surface area contributed by atoms with Crippen molar-refractivity contribution in [1.82, 2.24) is 4.90 Å². The Labute approximate surface area is 113 Å². The average Bonchev–Trinajstić information content (AvgIpc) is 2.83. The number of hydrogen-bond acceptors (Lipinski definition) is 3. The van der Waals surface area contributed by atoms with Crippen molar-refractivity contribution in [1.29, 1.82) is 0 Å². The summed E-state index contributed by atoms with van der Waals surface area (Å²) in [5.74, 6) is -0.0710. The smallest absolute Gasteiger partial charge is 0.233 e. The fraction of sp³-hybridized carbons (Fsp3) is 0.769. The highest BCUT2D eigenvalue weighted by Crippen LogP contribution is 2.40. The lowest BCUT2D eigenvalue weighted by Gasteiger charge is -2.26. The van der Waals surface area contributed by atoms with E-state index in [2.05, 4.69) is 0 Å². The predicted octanol–water partition coefficient (Wildman–Crippen LogP) is 1.47. The molecule has 5 heteroatoms. The van der Waals surface area contributed by atoms with E-state index in [0.717, 1.165) is 19.3 Å². The van der Waals surface area contributed by atoms with Gasteiger partial charge in [-0.25, -0.2) is 0 Å². The first-order valence-corrected chi connectivity index (χ1v) is 6.90. The van der Waals surface area contributed by atoms with Crippen molar-refractivity contribution in [2.75, 3.05) is 6.54 Å². The molecule has 2 atom stereocenters. The quantitative estimate of drug-likeness (QED) is 0.619. The maximum atomic E-state index is 12.1. The van der Waals surface area contributed by atoms with Crippen LogP contribution in [0.2, 0.25) is 0 Å². The number of imide groups is 1. The summed E-state index contributed by atoms with van der Waals surface area (Å²) in [4.78, 5) is 26.1. The molecular formula is C13H20N2O2S. The fourth-order valence-corrected chi connectivity index (χ4v) is 2.90. The van der Waals surface area contributed by atoms with Crippen LogP contribution in [0.3, 0.4) is 0 Å². The van der Waals surface area contributed by atoms with Gasteiger partial charge in [0.05, 0.1) is 16.8 Å². The number of hydrogen-bond donors (Lipinski definition) is 1.